The Morgan fingerprint density at radius 3 is 1.41 bits per heavy atom. The van der Waals surface area contributed by atoms with Gasteiger partial charge in [-0.1, -0.05) is 190 Å². The highest BCUT2D eigenvalue weighted by Gasteiger charge is 2.24. The van der Waals surface area contributed by atoms with Crippen molar-refractivity contribution in [3.05, 3.63) is 72.9 Å². The van der Waals surface area contributed by atoms with Gasteiger partial charge in [0.1, 0.15) is 6.10 Å². The van der Waals surface area contributed by atoms with Gasteiger partial charge in [-0.3, -0.25) is 9.59 Å². The Balaban J connectivity index is 4.57. The molecule has 0 saturated carbocycles. The third kappa shape index (κ3) is 36.3. The Labute approximate surface area is 332 Å². The molecule has 0 bridgehead atoms. The molecule has 6 heteroatoms. The van der Waals surface area contributed by atoms with Gasteiger partial charge in [0, 0.05) is 6.42 Å². The van der Waals surface area contributed by atoms with Gasteiger partial charge >= 0.3 is 5.97 Å². The molecule has 0 aliphatic heterocycles. The van der Waals surface area contributed by atoms with Gasteiger partial charge < -0.3 is 20.3 Å². The van der Waals surface area contributed by atoms with E-state index in [0.717, 1.165) is 77.0 Å². The smallest absolute Gasteiger partial charge is 0.306 e. The average molecular weight is 754 g/mol. The first-order valence-corrected chi connectivity index (χ1v) is 22.2. The fourth-order valence-electron chi connectivity index (χ4n) is 6.22. The fraction of sp³-hybridized carbons (Fsp3) is 0.708. The molecule has 0 aromatic carbocycles. The molecule has 0 aromatic heterocycles. The summed E-state index contributed by atoms with van der Waals surface area (Å²) in [4.78, 5) is 25.8. The van der Waals surface area contributed by atoms with E-state index in [0.29, 0.717) is 19.3 Å². The minimum atomic E-state index is -0.797. The lowest BCUT2D eigenvalue weighted by Crippen LogP contribution is -2.46. The molecule has 0 aliphatic rings. The van der Waals surface area contributed by atoms with E-state index in [-0.39, 0.29) is 31.3 Å². The molecule has 0 rings (SSSR count). The Kier molecular flexibility index (Phi) is 39.4. The van der Waals surface area contributed by atoms with E-state index in [9.17, 15) is 19.8 Å². The molecular formula is C48H83NO5. The summed E-state index contributed by atoms with van der Waals surface area (Å²) in [5.41, 5.74) is 0. The summed E-state index contributed by atoms with van der Waals surface area (Å²) in [5.74, 6) is -0.586. The normalized spacial score (nSPS) is 14.1. The van der Waals surface area contributed by atoms with Gasteiger partial charge in [-0.15, -0.1) is 0 Å². The summed E-state index contributed by atoms with van der Waals surface area (Å²) < 4.78 is 5.82. The van der Waals surface area contributed by atoms with E-state index in [1.54, 1.807) is 0 Å². The third-order valence-electron chi connectivity index (χ3n) is 9.56. The molecule has 0 aromatic rings. The number of unbranched alkanes of at least 4 members (excludes halogenated alkanes) is 14. The lowest BCUT2D eigenvalue weighted by Gasteiger charge is -2.24. The summed E-state index contributed by atoms with van der Waals surface area (Å²) >= 11 is 0. The molecule has 3 N–H and O–H groups in total. The number of carbonyl (C=O) groups excluding carboxylic acids is 2. The van der Waals surface area contributed by atoms with Gasteiger partial charge in [0.25, 0.3) is 0 Å². The number of carbonyl (C=O) groups is 2. The first-order chi connectivity index (χ1) is 26.5. The zero-order chi connectivity index (χ0) is 39.6. The van der Waals surface area contributed by atoms with Crippen LogP contribution in [0.25, 0.3) is 0 Å². The van der Waals surface area contributed by atoms with E-state index < -0.39 is 18.2 Å². The van der Waals surface area contributed by atoms with Crippen LogP contribution in [0.1, 0.15) is 194 Å². The molecule has 6 nitrogen and oxygen atoms in total. The van der Waals surface area contributed by atoms with E-state index in [1.165, 1.54) is 64.2 Å². The highest BCUT2D eigenvalue weighted by atomic mass is 16.5. The number of hydrogen-bond acceptors (Lipinski definition) is 5. The van der Waals surface area contributed by atoms with Crippen LogP contribution in [0.15, 0.2) is 72.9 Å². The van der Waals surface area contributed by atoms with Gasteiger partial charge in [0.2, 0.25) is 5.91 Å². The van der Waals surface area contributed by atoms with Gasteiger partial charge in [-0.05, 0) is 64.2 Å². The fourth-order valence-corrected chi connectivity index (χ4v) is 6.22. The van der Waals surface area contributed by atoms with Crippen LogP contribution >= 0.6 is 0 Å². The second-order valence-corrected chi connectivity index (χ2v) is 14.7. The van der Waals surface area contributed by atoms with Crippen LogP contribution in [0.4, 0.5) is 0 Å². The molecule has 0 fully saturated rings. The number of ether oxygens (including phenoxy) is 1. The van der Waals surface area contributed by atoms with Crippen LogP contribution in [0.3, 0.4) is 0 Å². The van der Waals surface area contributed by atoms with Crippen LogP contribution in [0.2, 0.25) is 0 Å². The van der Waals surface area contributed by atoms with Crippen LogP contribution < -0.4 is 5.32 Å². The molecule has 3 unspecified atom stereocenters. The van der Waals surface area contributed by atoms with E-state index in [1.807, 2.05) is 6.08 Å². The van der Waals surface area contributed by atoms with Gasteiger partial charge in [-0.25, -0.2) is 0 Å². The minimum absolute atomic E-state index is 0.0444. The minimum Gasteiger partial charge on any atom is -0.462 e. The largest absolute Gasteiger partial charge is 0.462 e. The highest BCUT2D eigenvalue weighted by molar-refractivity contribution is 5.77. The van der Waals surface area contributed by atoms with E-state index >= 15 is 0 Å². The Hall–Kier alpha value is -2.70. The maximum absolute atomic E-state index is 13.0. The Morgan fingerprint density at radius 2 is 0.963 bits per heavy atom. The Morgan fingerprint density at radius 1 is 0.556 bits per heavy atom. The number of rotatable bonds is 38. The molecule has 0 aliphatic carbocycles. The standard InChI is InChI=1S/C48H83NO5/c1-4-7-10-13-16-18-19-20-21-22-23-24-25-26-27-29-32-35-38-41-48(53)54-44(39-36-33-30-15-12-9-6-3)42-47(52)49-45(43-50)46(51)40-37-34-31-28-17-14-11-8-5-2/h7,10,16,18,20-21,23-24,26-27,32,35,44-46,50-51H,4-6,8-9,11-15,17,19,22,25,28-31,33-34,36-43H2,1-3H3,(H,49,52)/b10-7-,18-16-,21-20-,24-23-,27-26-,35-32-. The zero-order valence-corrected chi connectivity index (χ0v) is 35.1. The molecule has 1 amide bonds. The van der Waals surface area contributed by atoms with Crippen LogP contribution in [0.5, 0.6) is 0 Å². The maximum Gasteiger partial charge on any atom is 0.306 e. The second-order valence-electron chi connectivity index (χ2n) is 14.7. The lowest BCUT2D eigenvalue weighted by atomic mass is 10.0. The predicted octanol–water partition coefficient (Wildman–Crippen LogP) is 12.7. The summed E-state index contributed by atoms with van der Waals surface area (Å²) in [5, 5.41) is 23.5. The number of hydrogen-bond donors (Lipinski definition) is 3. The second kappa shape index (κ2) is 41.5. The van der Waals surface area contributed by atoms with Crippen molar-refractivity contribution in [2.24, 2.45) is 0 Å². The Bertz CT molecular complexity index is 1030. The summed E-state index contributed by atoms with van der Waals surface area (Å²) in [7, 11) is 0. The molecule has 0 heterocycles. The van der Waals surface area contributed by atoms with Crippen LogP contribution in [-0.2, 0) is 14.3 Å². The molecule has 0 radical (unpaired) electrons. The van der Waals surface area contributed by atoms with Gasteiger partial charge in [0.05, 0.1) is 25.2 Å². The van der Waals surface area contributed by atoms with Crippen molar-refractivity contribution in [3.63, 3.8) is 0 Å². The number of allylic oxidation sites excluding steroid dienone is 12. The van der Waals surface area contributed by atoms with Crippen molar-refractivity contribution in [2.45, 2.75) is 212 Å². The van der Waals surface area contributed by atoms with E-state index in [4.69, 9.17) is 4.74 Å². The average Bonchev–Trinajstić information content (AvgIpc) is 3.16. The van der Waals surface area contributed by atoms with Crippen molar-refractivity contribution < 1.29 is 24.5 Å². The van der Waals surface area contributed by atoms with Crippen LogP contribution in [-0.4, -0.2) is 46.9 Å². The summed E-state index contributed by atoms with van der Waals surface area (Å²) in [6, 6.07) is -0.713. The topological polar surface area (TPSA) is 95.9 Å². The molecule has 3 atom stereocenters. The third-order valence-corrected chi connectivity index (χ3v) is 9.56. The zero-order valence-electron chi connectivity index (χ0n) is 35.1. The number of aliphatic hydroxyl groups is 2. The number of aliphatic hydroxyl groups excluding tert-OH is 2. The number of nitrogens with one attached hydrogen (secondary N) is 1. The lowest BCUT2D eigenvalue weighted by molar-refractivity contribution is -0.150. The van der Waals surface area contributed by atoms with Gasteiger partial charge in [0.15, 0.2) is 0 Å². The molecule has 310 valence electrons. The maximum atomic E-state index is 13.0. The van der Waals surface area contributed by atoms with Crippen molar-refractivity contribution >= 4 is 11.9 Å². The molecule has 54 heavy (non-hydrogen) atoms. The molecular weight excluding hydrogens is 671 g/mol. The first-order valence-electron chi connectivity index (χ1n) is 22.2. The van der Waals surface area contributed by atoms with Crippen molar-refractivity contribution in [2.75, 3.05) is 6.61 Å². The molecule has 0 saturated heterocycles. The quantitative estimate of drug-likeness (QED) is 0.0331. The van der Waals surface area contributed by atoms with Crippen molar-refractivity contribution in [1.82, 2.24) is 5.32 Å². The number of amides is 1. The first kappa shape index (κ1) is 51.3. The molecule has 0 spiro atoms. The monoisotopic (exact) mass is 754 g/mol. The van der Waals surface area contributed by atoms with Gasteiger partial charge in [-0.2, -0.15) is 0 Å². The number of esters is 1. The summed E-state index contributed by atoms with van der Waals surface area (Å²) in [6.45, 7) is 6.27. The highest BCUT2D eigenvalue weighted by Crippen LogP contribution is 2.16. The van der Waals surface area contributed by atoms with Crippen molar-refractivity contribution in [3.8, 4) is 0 Å². The SMILES string of the molecule is CC/C=C\C/C=C\C/C=C\C/C=C\C/C=C\C/C=C\CCC(=O)OC(CCCCCCCCC)CC(=O)NC(CO)C(O)CCCCCCCCCCC. The summed E-state index contributed by atoms with van der Waals surface area (Å²) in [6.07, 6.45) is 51.3. The van der Waals surface area contributed by atoms with Crippen LogP contribution in [0, 0.1) is 0 Å². The predicted molar refractivity (Wildman–Crippen MR) is 231 cm³/mol. The van der Waals surface area contributed by atoms with E-state index in [2.05, 4.69) is 92.9 Å². The van der Waals surface area contributed by atoms with Crippen molar-refractivity contribution in [1.29, 1.82) is 0 Å².